The number of nitrogens with one attached hydrogen (secondary N) is 1. The van der Waals surface area contributed by atoms with Crippen LogP contribution in [0.2, 0.25) is 0 Å². The summed E-state index contributed by atoms with van der Waals surface area (Å²) in [6.45, 7) is 1.20. The van der Waals surface area contributed by atoms with Crippen LogP contribution in [0, 0.1) is 0 Å². The lowest BCUT2D eigenvalue weighted by Gasteiger charge is -2.23. The maximum absolute atomic E-state index is 13.2. The first-order valence-electron chi connectivity index (χ1n) is 8.96. The summed E-state index contributed by atoms with van der Waals surface area (Å²) in [5, 5.41) is 0. The molecule has 0 radical (unpaired) electrons. The number of aromatic nitrogens is 3. The monoisotopic (exact) mass is 356 g/mol. The van der Waals surface area contributed by atoms with E-state index in [2.05, 4.69) is 27.1 Å². The second-order valence-corrected chi connectivity index (χ2v) is 6.45. The fourth-order valence-corrected chi connectivity index (χ4v) is 3.09. The highest BCUT2D eigenvalue weighted by molar-refractivity contribution is 5.96. The quantitative estimate of drug-likeness (QED) is 0.571. The molecule has 0 unspecified atom stereocenters. The topological polar surface area (TPSA) is 61.9 Å². The molecule has 0 atom stereocenters. The van der Waals surface area contributed by atoms with Crippen LogP contribution < -0.4 is 0 Å². The summed E-state index contributed by atoms with van der Waals surface area (Å²) in [7, 11) is 0. The maximum Gasteiger partial charge on any atom is 0.255 e. The largest absolute Gasteiger partial charge is 0.343 e. The van der Waals surface area contributed by atoms with Crippen molar-refractivity contribution in [3.05, 3.63) is 95.9 Å². The normalized spacial score (nSPS) is 10.8. The number of carbonyl (C=O) groups excluding carboxylic acids is 1. The molecule has 0 saturated heterocycles. The van der Waals surface area contributed by atoms with Crippen molar-refractivity contribution in [2.75, 3.05) is 6.54 Å². The second kappa shape index (κ2) is 7.83. The number of aromatic amines is 1. The van der Waals surface area contributed by atoms with Gasteiger partial charge in [-0.15, -0.1) is 0 Å². The number of hydrogen-bond donors (Lipinski definition) is 1. The molecule has 1 N–H and O–H groups in total. The summed E-state index contributed by atoms with van der Waals surface area (Å²) in [6.07, 6.45) is 3.99. The van der Waals surface area contributed by atoms with E-state index in [1.807, 2.05) is 59.5 Å². The zero-order valence-corrected chi connectivity index (χ0v) is 14.9. The van der Waals surface area contributed by atoms with Crippen LogP contribution in [0.25, 0.3) is 11.2 Å². The third-order valence-corrected chi connectivity index (χ3v) is 4.54. The smallest absolute Gasteiger partial charge is 0.255 e. The standard InChI is InChI=1S/C22H20N4O/c27-22(19-13-20-21(23-14-19)25-16-24-20)26(15-18-9-5-2-6-10-18)12-11-17-7-3-1-4-8-17/h1-10,13-14,16H,11-12,15H2,(H,23,24,25). The van der Waals surface area contributed by atoms with Crippen molar-refractivity contribution in [1.29, 1.82) is 0 Å². The van der Waals surface area contributed by atoms with Gasteiger partial charge in [0, 0.05) is 19.3 Å². The van der Waals surface area contributed by atoms with Crippen molar-refractivity contribution in [2.24, 2.45) is 0 Å². The minimum atomic E-state index is -0.0289. The second-order valence-electron chi connectivity index (χ2n) is 6.45. The van der Waals surface area contributed by atoms with E-state index in [-0.39, 0.29) is 5.91 Å². The van der Waals surface area contributed by atoms with Gasteiger partial charge in [0.05, 0.1) is 17.4 Å². The van der Waals surface area contributed by atoms with Crippen LogP contribution >= 0.6 is 0 Å². The van der Waals surface area contributed by atoms with Gasteiger partial charge in [0.1, 0.15) is 0 Å². The zero-order valence-electron chi connectivity index (χ0n) is 14.9. The molecule has 2 aromatic carbocycles. The lowest BCUT2D eigenvalue weighted by atomic mass is 10.1. The van der Waals surface area contributed by atoms with Gasteiger partial charge in [0.15, 0.2) is 5.65 Å². The molecule has 134 valence electrons. The molecule has 0 aliphatic carbocycles. The highest BCUT2D eigenvalue weighted by Gasteiger charge is 2.17. The Hall–Kier alpha value is -3.47. The molecule has 0 saturated carbocycles. The minimum absolute atomic E-state index is 0.0289. The Morgan fingerprint density at radius 1 is 0.926 bits per heavy atom. The molecule has 0 aliphatic rings. The fraction of sp³-hybridized carbons (Fsp3) is 0.136. The number of hydrogen-bond acceptors (Lipinski definition) is 3. The van der Waals surface area contributed by atoms with Gasteiger partial charge in [-0.1, -0.05) is 60.7 Å². The highest BCUT2D eigenvalue weighted by atomic mass is 16.2. The van der Waals surface area contributed by atoms with Gasteiger partial charge in [-0.25, -0.2) is 9.97 Å². The third-order valence-electron chi connectivity index (χ3n) is 4.54. The van der Waals surface area contributed by atoms with Gasteiger partial charge >= 0.3 is 0 Å². The Kier molecular flexibility index (Phi) is 4.92. The lowest BCUT2D eigenvalue weighted by Crippen LogP contribution is -2.32. The number of imidazole rings is 1. The van der Waals surface area contributed by atoms with E-state index in [0.29, 0.717) is 24.3 Å². The van der Waals surface area contributed by atoms with Crippen molar-refractivity contribution in [1.82, 2.24) is 19.9 Å². The van der Waals surface area contributed by atoms with Crippen LogP contribution in [0.15, 0.2) is 79.3 Å². The third kappa shape index (κ3) is 4.03. The van der Waals surface area contributed by atoms with E-state index in [1.54, 1.807) is 12.5 Å². The van der Waals surface area contributed by atoms with E-state index >= 15 is 0 Å². The van der Waals surface area contributed by atoms with Crippen molar-refractivity contribution in [2.45, 2.75) is 13.0 Å². The SMILES string of the molecule is O=C(c1cnc2nc[nH]c2c1)N(CCc1ccccc1)Cc1ccccc1. The van der Waals surface area contributed by atoms with Crippen LogP contribution in [0.3, 0.4) is 0 Å². The van der Waals surface area contributed by atoms with Crippen molar-refractivity contribution >= 4 is 17.1 Å². The Bertz CT molecular complexity index is 1030. The first kappa shape index (κ1) is 17.0. The number of fused-ring (bicyclic) bond motifs is 1. The molecule has 0 bridgehead atoms. The van der Waals surface area contributed by atoms with E-state index in [4.69, 9.17) is 0 Å². The molecule has 5 nitrogen and oxygen atoms in total. The number of H-pyrrole nitrogens is 1. The average Bonchev–Trinajstić information content (AvgIpc) is 3.20. The summed E-state index contributed by atoms with van der Waals surface area (Å²) in [5.74, 6) is -0.0289. The van der Waals surface area contributed by atoms with Gasteiger partial charge < -0.3 is 9.88 Å². The minimum Gasteiger partial charge on any atom is -0.343 e. The molecule has 2 aromatic heterocycles. The Balaban J connectivity index is 1.58. The molecular formula is C22H20N4O. The molecule has 4 rings (SSSR count). The molecule has 1 amide bonds. The number of benzene rings is 2. The van der Waals surface area contributed by atoms with Crippen molar-refractivity contribution in [3.8, 4) is 0 Å². The molecule has 0 aliphatic heterocycles. The van der Waals surface area contributed by atoms with Crippen molar-refractivity contribution in [3.63, 3.8) is 0 Å². The highest BCUT2D eigenvalue weighted by Crippen LogP contribution is 2.14. The predicted octanol–water partition coefficient (Wildman–Crippen LogP) is 3.84. The number of amides is 1. The van der Waals surface area contributed by atoms with Gasteiger partial charge in [-0.3, -0.25) is 4.79 Å². The number of nitrogens with zero attached hydrogens (tertiary/aromatic N) is 3. The van der Waals surface area contributed by atoms with Crippen LogP contribution in [0.5, 0.6) is 0 Å². The van der Waals surface area contributed by atoms with E-state index in [1.165, 1.54) is 5.56 Å². The van der Waals surface area contributed by atoms with Crippen molar-refractivity contribution < 1.29 is 4.79 Å². The van der Waals surface area contributed by atoms with Crippen LogP contribution in [0.1, 0.15) is 21.5 Å². The average molecular weight is 356 g/mol. The van der Waals surface area contributed by atoms with Crippen LogP contribution in [-0.2, 0) is 13.0 Å². The van der Waals surface area contributed by atoms with Gasteiger partial charge in [0.25, 0.3) is 5.91 Å². The fourth-order valence-electron chi connectivity index (χ4n) is 3.09. The predicted molar refractivity (Wildman–Crippen MR) is 105 cm³/mol. The number of carbonyl (C=O) groups is 1. The maximum atomic E-state index is 13.2. The molecule has 5 heteroatoms. The van der Waals surface area contributed by atoms with Gasteiger partial charge in [-0.05, 0) is 23.6 Å². The first-order chi connectivity index (χ1) is 13.3. The summed E-state index contributed by atoms with van der Waals surface area (Å²) in [6, 6.07) is 22.1. The molecular weight excluding hydrogens is 336 g/mol. The van der Waals surface area contributed by atoms with Gasteiger partial charge in [0.2, 0.25) is 0 Å². The van der Waals surface area contributed by atoms with E-state index in [9.17, 15) is 4.79 Å². The molecule has 4 aromatic rings. The van der Waals surface area contributed by atoms with E-state index < -0.39 is 0 Å². The van der Waals surface area contributed by atoms with Crippen LogP contribution in [0.4, 0.5) is 0 Å². The van der Waals surface area contributed by atoms with E-state index in [0.717, 1.165) is 17.5 Å². The summed E-state index contributed by atoms with van der Waals surface area (Å²) in [5.41, 5.74) is 4.27. The number of rotatable bonds is 6. The molecule has 27 heavy (non-hydrogen) atoms. The first-order valence-corrected chi connectivity index (χ1v) is 8.96. The Labute approximate surface area is 157 Å². The zero-order chi connectivity index (χ0) is 18.5. The summed E-state index contributed by atoms with van der Waals surface area (Å²) < 4.78 is 0. The Morgan fingerprint density at radius 2 is 1.63 bits per heavy atom. The molecule has 2 heterocycles. The van der Waals surface area contributed by atoms with Gasteiger partial charge in [-0.2, -0.15) is 0 Å². The molecule has 0 spiro atoms. The lowest BCUT2D eigenvalue weighted by molar-refractivity contribution is 0.0745. The Morgan fingerprint density at radius 3 is 2.37 bits per heavy atom. The summed E-state index contributed by atoms with van der Waals surface area (Å²) >= 11 is 0. The molecule has 0 fully saturated rings. The summed E-state index contributed by atoms with van der Waals surface area (Å²) in [4.78, 5) is 26.5. The van der Waals surface area contributed by atoms with Crippen LogP contribution in [-0.4, -0.2) is 32.3 Å². The number of pyridine rings is 1.